The van der Waals surface area contributed by atoms with Crippen LogP contribution >= 0.6 is 0 Å². The van der Waals surface area contributed by atoms with E-state index in [0.29, 0.717) is 49.7 Å². The molecule has 27 heavy (non-hydrogen) atoms. The third kappa shape index (κ3) is 3.27. The standard InChI is InChI=1S/C20H25NO6/c1-4-5-13-8-14(9-16(25-2)17(13)26-3)18(22)21-10-15-11-27-7-6-20(15,12-21)19(23)24/h4,8-9,15H,1,5-7,10-12H2,2-3H3,(H,23,24)/t15-,20+/m0/s1. The Kier molecular flexibility index (Phi) is 5.41. The molecule has 2 fully saturated rings. The highest BCUT2D eigenvalue weighted by Crippen LogP contribution is 2.43. The average molecular weight is 375 g/mol. The Labute approximate surface area is 158 Å². The van der Waals surface area contributed by atoms with E-state index in [1.54, 1.807) is 30.2 Å². The number of rotatable bonds is 6. The SMILES string of the molecule is C=CCc1cc(C(=O)N2C[C@H]3COCC[C@@]3(C(=O)O)C2)cc(OC)c1OC. The van der Waals surface area contributed by atoms with Gasteiger partial charge in [-0.2, -0.15) is 0 Å². The maximum atomic E-state index is 13.1. The molecule has 1 aromatic rings. The Bertz CT molecular complexity index is 761. The van der Waals surface area contributed by atoms with Gasteiger partial charge in [-0.3, -0.25) is 9.59 Å². The van der Waals surface area contributed by atoms with Gasteiger partial charge in [-0.25, -0.2) is 0 Å². The minimum absolute atomic E-state index is 0.194. The number of aliphatic carboxylic acids is 1. The third-order valence-corrected chi connectivity index (χ3v) is 5.59. The van der Waals surface area contributed by atoms with Crippen molar-refractivity contribution in [1.29, 1.82) is 0 Å². The molecule has 7 heteroatoms. The molecule has 2 atom stereocenters. The first-order valence-electron chi connectivity index (χ1n) is 8.93. The molecule has 0 aromatic heterocycles. The van der Waals surface area contributed by atoms with Gasteiger partial charge in [-0.05, 0) is 25.0 Å². The summed E-state index contributed by atoms with van der Waals surface area (Å²) in [6, 6.07) is 3.40. The van der Waals surface area contributed by atoms with E-state index in [1.807, 2.05) is 0 Å². The van der Waals surface area contributed by atoms with Crippen LogP contribution in [0.5, 0.6) is 11.5 Å². The second kappa shape index (κ2) is 7.60. The van der Waals surface area contributed by atoms with Gasteiger partial charge in [0.05, 0.1) is 26.2 Å². The van der Waals surface area contributed by atoms with Crippen LogP contribution in [0.15, 0.2) is 24.8 Å². The lowest BCUT2D eigenvalue weighted by atomic mass is 9.74. The number of carboxylic acids is 1. The first-order chi connectivity index (χ1) is 13.0. The summed E-state index contributed by atoms with van der Waals surface area (Å²) < 4.78 is 16.3. The highest BCUT2D eigenvalue weighted by molar-refractivity contribution is 5.96. The molecule has 2 heterocycles. The molecule has 0 unspecified atom stereocenters. The summed E-state index contributed by atoms with van der Waals surface area (Å²) in [5.74, 6) is -0.227. The van der Waals surface area contributed by atoms with Crippen LogP contribution in [0.4, 0.5) is 0 Å². The van der Waals surface area contributed by atoms with Crippen molar-refractivity contribution < 1.29 is 28.9 Å². The van der Waals surface area contributed by atoms with Crippen molar-refractivity contribution >= 4 is 11.9 Å². The maximum absolute atomic E-state index is 13.1. The minimum atomic E-state index is -0.922. The zero-order valence-corrected chi connectivity index (χ0v) is 15.7. The van der Waals surface area contributed by atoms with Gasteiger partial charge in [0, 0.05) is 36.7 Å². The summed E-state index contributed by atoms with van der Waals surface area (Å²) in [4.78, 5) is 26.7. The van der Waals surface area contributed by atoms with Crippen molar-refractivity contribution in [2.45, 2.75) is 12.8 Å². The number of methoxy groups -OCH3 is 2. The largest absolute Gasteiger partial charge is 0.493 e. The number of allylic oxidation sites excluding steroid dienone is 1. The molecule has 0 spiro atoms. The van der Waals surface area contributed by atoms with E-state index in [0.717, 1.165) is 5.56 Å². The van der Waals surface area contributed by atoms with E-state index >= 15 is 0 Å². The van der Waals surface area contributed by atoms with Crippen LogP contribution in [0.25, 0.3) is 0 Å². The topological polar surface area (TPSA) is 85.3 Å². The van der Waals surface area contributed by atoms with E-state index in [-0.39, 0.29) is 18.4 Å². The van der Waals surface area contributed by atoms with Gasteiger partial charge in [0.2, 0.25) is 0 Å². The van der Waals surface area contributed by atoms with Crippen LogP contribution < -0.4 is 9.47 Å². The Balaban J connectivity index is 1.93. The lowest BCUT2D eigenvalue weighted by molar-refractivity contribution is -0.157. The number of ether oxygens (including phenoxy) is 3. The zero-order valence-electron chi connectivity index (χ0n) is 15.7. The number of benzene rings is 1. The van der Waals surface area contributed by atoms with Crippen molar-refractivity contribution in [3.63, 3.8) is 0 Å². The molecule has 1 N–H and O–H groups in total. The van der Waals surface area contributed by atoms with E-state index in [2.05, 4.69) is 6.58 Å². The van der Waals surface area contributed by atoms with E-state index < -0.39 is 11.4 Å². The second-order valence-electron chi connectivity index (χ2n) is 7.03. The summed E-state index contributed by atoms with van der Waals surface area (Å²) in [6.45, 7) is 5.08. The fraction of sp³-hybridized carbons (Fsp3) is 0.500. The van der Waals surface area contributed by atoms with Crippen LogP contribution in [0.2, 0.25) is 0 Å². The number of fused-ring (bicyclic) bond motifs is 1. The van der Waals surface area contributed by atoms with Gasteiger partial charge in [0.15, 0.2) is 11.5 Å². The van der Waals surface area contributed by atoms with Crippen molar-refractivity contribution in [2.75, 3.05) is 40.5 Å². The molecular formula is C20H25NO6. The number of carbonyl (C=O) groups excluding carboxylic acids is 1. The third-order valence-electron chi connectivity index (χ3n) is 5.59. The molecule has 0 aliphatic carbocycles. The van der Waals surface area contributed by atoms with Crippen molar-refractivity contribution in [3.05, 3.63) is 35.9 Å². The molecule has 2 aliphatic rings. The highest BCUT2D eigenvalue weighted by atomic mass is 16.5. The number of hydrogen-bond donors (Lipinski definition) is 1. The van der Waals surface area contributed by atoms with Crippen molar-refractivity contribution in [1.82, 2.24) is 4.90 Å². The smallest absolute Gasteiger partial charge is 0.311 e. The summed E-state index contributed by atoms with van der Waals surface area (Å²) in [6.07, 6.45) is 2.67. The second-order valence-corrected chi connectivity index (χ2v) is 7.03. The fourth-order valence-electron chi connectivity index (χ4n) is 4.11. The molecule has 3 rings (SSSR count). The molecule has 1 amide bonds. The summed E-state index contributed by atoms with van der Waals surface area (Å²) in [5, 5.41) is 9.79. The average Bonchev–Trinajstić information content (AvgIpc) is 3.08. The number of hydrogen-bond acceptors (Lipinski definition) is 5. The number of nitrogens with zero attached hydrogens (tertiary/aromatic N) is 1. The van der Waals surface area contributed by atoms with Crippen LogP contribution in [0.3, 0.4) is 0 Å². The number of likely N-dealkylation sites (tertiary alicyclic amines) is 1. The predicted molar refractivity (Wildman–Crippen MR) is 98.3 cm³/mol. The minimum Gasteiger partial charge on any atom is -0.493 e. The lowest BCUT2D eigenvalue weighted by Crippen LogP contribution is -2.45. The van der Waals surface area contributed by atoms with Gasteiger partial charge in [0.25, 0.3) is 5.91 Å². The van der Waals surface area contributed by atoms with Gasteiger partial charge in [-0.1, -0.05) is 6.08 Å². The molecule has 146 valence electrons. The first kappa shape index (κ1) is 19.2. The van der Waals surface area contributed by atoms with Gasteiger partial charge in [-0.15, -0.1) is 6.58 Å². The Morgan fingerprint density at radius 1 is 1.41 bits per heavy atom. The summed E-state index contributed by atoms with van der Waals surface area (Å²) in [5.41, 5.74) is 0.321. The van der Waals surface area contributed by atoms with Gasteiger partial charge < -0.3 is 24.2 Å². The van der Waals surface area contributed by atoms with Crippen LogP contribution in [0.1, 0.15) is 22.3 Å². The predicted octanol–water partition coefficient (Wildman–Crippen LogP) is 2.00. The molecular weight excluding hydrogens is 350 g/mol. The number of amides is 1. The highest BCUT2D eigenvalue weighted by Gasteiger charge is 2.55. The number of carboxylic acid groups (broad SMARTS) is 1. The van der Waals surface area contributed by atoms with E-state index in [1.165, 1.54) is 7.11 Å². The van der Waals surface area contributed by atoms with E-state index in [9.17, 15) is 14.7 Å². The van der Waals surface area contributed by atoms with E-state index in [4.69, 9.17) is 14.2 Å². The Hall–Kier alpha value is -2.54. The molecule has 7 nitrogen and oxygen atoms in total. The van der Waals surface area contributed by atoms with Crippen LogP contribution in [-0.4, -0.2) is 62.4 Å². The van der Waals surface area contributed by atoms with Crippen molar-refractivity contribution in [2.24, 2.45) is 11.3 Å². The molecule has 1 aromatic carbocycles. The summed E-state index contributed by atoms with van der Waals surface area (Å²) >= 11 is 0. The molecule has 2 saturated heterocycles. The zero-order chi connectivity index (χ0) is 19.6. The molecule has 0 bridgehead atoms. The quantitative estimate of drug-likeness (QED) is 0.766. The number of carbonyl (C=O) groups is 2. The molecule has 0 radical (unpaired) electrons. The first-order valence-corrected chi connectivity index (χ1v) is 8.93. The van der Waals surface area contributed by atoms with Gasteiger partial charge in [0.1, 0.15) is 0 Å². The Morgan fingerprint density at radius 2 is 2.19 bits per heavy atom. The normalized spacial score (nSPS) is 24.2. The maximum Gasteiger partial charge on any atom is 0.311 e. The fourth-order valence-corrected chi connectivity index (χ4v) is 4.11. The van der Waals surface area contributed by atoms with Gasteiger partial charge >= 0.3 is 5.97 Å². The Morgan fingerprint density at radius 3 is 2.78 bits per heavy atom. The van der Waals surface area contributed by atoms with Crippen molar-refractivity contribution in [3.8, 4) is 11.5 Å². The van der Waals surface area contributed by atoms with Crippen LogP contribution in [-0.2, 0) is 16.0 Å². The molecule has 2 aliphatic heterocycles. The molecule has 0 saturated carbocycles. The lowest BCUT2D eigenvalue weighted by Gasteiger charge is -2.33. The van der Waals surface area contributed by atoms with Crippen LogP contribution in [0, 0.1) is 11.3 Å². The summed E-state index contributed by atoms with van der Waals surface area (Å²) in [7, 11) is 3.07. The monoisotopic (exact) mass is 375 g/mol.